The Bertz CT molecular complexity index is 803. The van der Waals surface area contributed by atoms with Crippen LogP contribution in [0.4, 0.5) is 5.69 Å². The fourth-order valence-electron chi connectivity index (χ4n) is 2.85. The van der Waals surface area contributed by atoms with Crippen LogP contribution in [-0.2, 0) is 17.8 Å². The molecule has 0 saturated carbocycles. The van der Waals surface area contributed by atoms with Crippen LogP contribution in [0.2, 0.25) is 0 Å². The van der Waals surface area contributed by atoms with Gasteiger partial charge in [-0.15, -0.1) is 0 Å². The van der Waals surface area contributed by atoms with Gasteiger partial charge in [0.15, 0.2) is 0 Å². The van der Waals surface area contributed by atoms with Gasteiger partial charge in [0, 0.05) is 36.4 Å². The molecule has 1 aromatic carbocycles. The summed E-state index contributed by atoms with van der Waals surface area (Å²) in [5.74, 6) is 1.13. The zero-order valence-electron chi connectivity index (χ0n) is 11.4. The number of rotatable bonds is 2. The van der Waals surface area contributed by atoms with Crippen molar-refractivity contribution in [2.24, 2.45) is 5.92 Å². The zero-order valence-corrected chi connectivity index (χ0v) is 11.4. The van der Waals surface area contributed by atoms with Crippen molar-refractivity contribution >= 4 is 22.5 Å². The van der Waals surface area contributed by atoms with E-state index in [1.165, 1.54) is 0 Å². The number of aromatic amines is 1. The zero-order chi connectivity index (χ0) is 14.2. The van der Waals surface area contributed by atoms with Crippen molar-refractivity contribution in [3.05, 3.63) is 42.6 Å². The molecule has 0 aliphatic carbocycles. The van der Waals surface area contributed by atoms with Crippen LogP contribution in [0.3, 0.4) is 0 Å². The number of amides is 1. The first-order valence-electron chi connectivity index (χ1n) is 7.03. The minimum atomic E-state index is -0.00764. The molecule has 0 spiro atoms. The van der Waals surface area contributed by atoms with E-state index in [9.17, 15) is 4.79 Å². The van der Waals surface area contributed by atoms with E-state index in [-0.39, 0.29) is 11.8 Å². The molecule has 2 aromatic heterocycles. The molecule has 4 rings (SSSR count). The molecule has 6 heteroatoms. The number of hydrogen-bond donors (Lipinski definition) is 2. The van der Waals surface area contributed by atoms with Crippen molar-refractivity contribution in [1.29, 1.82) is 0 Å². The fourth-order valence-corrected chi connectivity index (χ4v) is 2.85. The van der Waals surface area contributed by atoms with Crippen molar-refractivity contribution in [2.75, 3.05) is 5.32 Å². The average Bonchev–Trinajstić information content (AvgIpc) is 3.14. The number of H-pyrrole nitrogens is 1. The molecular weight excluding hydrogens is 266 g/mol. The summed E-state index contributed by atoms with van der Waals surface area (Å²) in [7, 11) is 0. The van der Waals surface area contributed by atoms with E-state index in [2.05, 4.69) is 25.1 Å². The first-order valence-corrected chi connectivity index (χ1v) is 7.03. The van der Waals surface area contributed by atoms with Gasteiger partial charge in [0.2, 0.25) is 5.91 Å². The first-order chi connectivity index (χ1) is 10.3. The van der Waals surface area contributed by atoms with Crippen LogP contribution in [0.1, 0.15) is 12.2 Å². The van der Waals surface area contributed by atoms with Gasteiger partial charge in [-0.1, -0.05) is 0 Å². The predicted octanol–water partition coefficient (Wildman–Crippen LogP) is 1.96. The highest BCUT2D eigenvalue weighted by atomic mass is 16.1. The van der Waals surface area contributed by atoms with Gasteiger partial charge in [0.05, 0.1) is 17.6 Å². The van der Waals surface area contributed by atoms with E-state index in [1.807, 2.05) is 24.4 Å². The Morgan fingerprint density at radius 1 is 1.43 bits per heavy atom. The molecule has 0 radical (unpaired) electrons. The highest BCUT2D eigenvalue weighted by Crippen LogP contribution is 2.22. The maximum absolute atomic E-state index is 12.4. The Hall–Kier alpha value is -2.63. The number of imidazole rings is 1. The SMILES string of the molecule is O=C(Nc1ccc2[nH]ncc2c1)C1CCc2nccn2C1. The monoisotopic (exact) mass is 281 g/mol. The summed E-state index contributed by atoms with van der Waals surface area (Å²) < 4.78 is 2.06. The standard InChI is InChI=1S/C15H15N5O/c21-15(10-1-4-14-16-5-6-20(14)9-10)18-12-2-3-13-11(7-12)8-17-19-13/h2-3,5-8,10H,1,4,9H2,(H,17,19)(H,18,21). The molecule has 1 aliphatic heterocycles. The largest absolute Gasteiger partial charge is 0.334 e. The highest BCUT2D eigenvalue weighted by molar-refractivity contribution is 5.94. The van der Waals surface area contributed by atoms with E-state index in [0.717, 1.165) is 35.3 Å². The molecule has 21 heavy (non-hydrogen) atoms. The molecule has 1 unspecified atom stereocenters. The van der Waals surface area contributed by atoms with Gasteiger partial charge in [-0.2, -0.15) is 5.10 Å². The van der Waals surface area contributed by atoms with Crippen molar-refractivity contribution in [1.82, 2.24) is 19.7 Å². The molecule has 3 aromatic rings. The second kappa shape index (κ2) is 4.73. The first kappa shape index (κ1) is 12.1. The van der Waals surface area contributed by atoms with Crippen LogP contribution in [0.5, 0.6) is 0 Å². The summed E-state index contributed by atoms with van der Waals surface area (Å²) in [4.78, 5) is 16.7. The number of carbonyl (C=O) groups excluding carboxylic acids is 1. The van der Waals surface area contributed by atoms with Crippen molar-refractivity contribution in [2.45, 2.75) is 19.4 Å². The van der Waals surface area contributed by atoms with Gasteiger partial charge in [0.25, 0.3) is 0 Å². The van der Waals surface area contributed by atoms with Gasteiger partial charge >= 0.3 is 0 Å². The second-order valence-electron chi connectivity index (χ2n) is 5.39. The topological polar surface area (TPSA) is 75.6 Å². The predicted molar refractivity (Wildman–Crippen MR) is 78.8 cm³/mol. The summed E-state index contributed by atoms with van der Waals surface area (Å²) >= 11 is 0. The Kier molecular flexibility index (Phi) is 2.73. The lowest BCUT2D eigenvalue weighted by atomic mass is 9.98. The summed E-state index contributed by atoms with van der Waals surface area (Å²) in [6, 6.07) is 5.75. The van der Waals surface area contributed by atoms with Gasteiger partial charge in [-0.25, -0.2) is 4.98 Å². The lowest BCUT2D eigenvalue weighted by molar-refractivity contribution is -0.120. The van der Waals surface area contributed by atoms with Crippen LogP contribution in [-0.4, -0.2) is 25.7 Å². The van der Waals surface area contributed by atoms with Crippen molar-refractivity contribution in [3.63, 3.8) is 0 Å². The average molecular weight is 281 g/mol. The van der Waals surface area contributed by atoms with Gasteiger partial charge in [0.1, 0.15) is 5.82 Å². The number of aryl methyl sites for hydroxylation is 1. The van der Waals surface area contributed by atoms with E-state index in [0.29, 0.717) is 6.54 Å². The molecule has 1 atom stereocenters. The molecule has 2 N–H and O–H groups in total. The van der Waals surface area contributed by atoms with Crippen LogP contribution >= 0.6 is 0 Å². The van der Waals surface area contributed by atoms with Crippen LogP contribution < -0.4 is 5.32 Å². The summed E-state index contributed by atoms with van der Waals surface area (Å²) in [5, 5.41) is 10.9. The number of nitrogens with one attached hydrogen (secondary N) is 2. The smallest absolute Gasteiger partial charge is 0.229 e. The lowest BCUT2D eigenvalue weighted by Gasteiger charge is -2.23. The van der Waals surface area contributed by atoms with Gasteiger partial charge < -0.3 is 9.88 Å². The second-order valence-corrected chi connectivity index (χ2v) is 5.39. The molecule has 0 saturated heterocycles. The molecule has 3 heterocycles. The number of hydrogen-bond acceptors (Lipinski definition) is 3. The van der Waals surface area contributed by atoms with Crippen LogP contribution in [0.15, 0.2) is 36.8 Å². The Morgan fingerprint density at radius 3 is 3.33 bits per heavy atom. The third kappa shape index (κ3) is 2.18. The van der Waals surface area contributed by atoms with Crippen molar-refractivity contribution in [3.8, 4) is 0 Å². The minimum absolute atomic E-state index is 0.00764. The number of fused-ring (bicyclic) bond motifs is 2. The molecular formula is C15H15N5O. The number of aromatic nitrogens is 4. The molecule has 0 bridgehead atoms. The van der Waals surface area contributed by atoms with Crippen LogP contribution in [0, 0.1) is 5.92 Å². The lowest BCUT2D eigenvalue weighted by Crippen LogP contribution is -2.31. The Morgan fingerprint density at radius 2 is 2.38 bits per heavy atom. The van der Waals surface area contributed by atoms with E-state index < -0.39 is 0 Å². The summed E-state index contributed by atoms with van der Waals surface area (Å²) in [6.45, 7) is 0.703. The number of benzene rings is 1. The maximum Gasteiger partial charge on any atom is 0.229 e. The van der Waals surface area contributed by atoms with Gasteiger partial charge in [-0.3, -0.25) is 9.89 Å². The fraction of sp³-hybridized carbons (Fsp3) is 0.267. The summed E-state index contributed by atoms with van der Waals surface area (Å²) in [5.41, 5.74) is 1.78. The Labute approximate surface area is 121 Å². The van der Waals surface area contributed by atoms with Crippen LogP contribution in [0.25, 0.3) is 10.9 Å². The molecule has 106 valence electrons. The van der Waals surface area contributed by atoms with E-state index in [4.69, 9.17) is 0 Å². The third-order valence-corrected chi connectivity index (χ3v) is 4.01. The van der Waals surface area contributed by atoms with E-state index in [1.54, 1.807) is 12.4 Å². The number of nitrogens with zero attached hydrogens (tertiary/aromatic N) is 3. The molecule has 1 aliphatic rings. The number of anilines is 1. The Balaban J connectivity index is 1.50. The minimum Gasteiger partial charge on any atom is -0.334 e. The quantitative estimate of drug-likeness (QED) is 0.754. The molecule has 1 amide bonds. The van der Waals surface area contributed by atoms with Gasteiger partial charge in [-0.05, 0) is 24.6 Å². The highest BCUT2D eigenvalue weighted by Gasteiger charge is 2.24. The molecule has 6 nitrogen and oxygen atoms in total. The maximum atomic E-state index is 12.4. The van der Waals surface area contributed by atoms with Crippen molar-refractivity contribution < 1.29 is 4.79 Å². The summed E-state index contributed by atoms with van der Waals surface area (Å²) in [6.07, 6.45) is 7.18. The van der Waals surface area contributed by atoms with E-state index >= 15 is 0 Å². The normalized spacial score (nSPS) is 17.6. The molecule has 0 fully saturated rings. The number of carbonyl (C=O) groups is 1. The third-order valence-electron chi connectivity index (χ3n) is 4.01.